The van der Waals surface area contributed by atoms with Crippen molar-refractivity contribution < 1.29 is 14.7 Å². The summed E-state index contributed by atoms with van der Waals surface area (Å²) >= 11 is 0. The van der Waals surface area contributed by atoms with Crippen LogP contribution in [0.4, 0.5) is 0 Å². The first kappa shape index (κ1) is 17.0. The molecule has 2 aromatic rings. The maximum Gasteiger partial charge on any atom is 0.308 e. The lowest BCUT2D eigenvalue weighted by Gasteiger charge is -2.12. The zero-order valence-corrected chi connectivity index (χ0v) is 14.3. The van der Waals surface area contributed by atoms with E-state index in [0.717, 1.165) is 22.6 Å². The van der Waals surface area contributed by atoms with Crippen LogP contribution in [0.15, 0.2) is 36.4 Å². The highest BCUT2D eigenvalue weighted by atomic mass is 16.4. The first-order chi connectivity index (χ1) is 12.0. The van der Waals surface area contributed by atoms with Crippen molar-refractivity contribution in [3.05, 3.63) is 53.4 Å². The fraction of sp³-hybridized carbons (Fsp3) is 0.316. The van der Waals surface area contributed by atoms with Crippen LogP contribution >= 0.6 is 0 Å². The molecule has 1 unspecified atom stereocenters. The third-order valence-electron chi connectivity index (χ3n) is 4.59. The molecular weight excluding hydrogens is 318 g/mol. The Bertz CT molecular complexity index is 824. The number of carbonyl (C=O) groups excluding carboxylic acids is 1. The Morgan fingerprint density at radius 3 is 2.60 bits per heavy atom. The lowest BCUT2D eigenvalue weighted by atomic mass is 10.1. The predicted molar refractivity (Wildman–Crippen MR) is 94.4 cm³/mol. The highest BCUT2D eigenvalue weighted by Gasteiger charge is 2.29. The molecule has 1 aliphatic rings. The van der Waals surface area contributed by atoms with Gasteiger partial charge in [0.05, 0.1) is 17.3 Å². The van der Waals surface area contributed by atoms with Gasteiger partial charge in [-0.2, -0.15) is 5.10 Å². The number of rotatable bonds is 4. The van der Waals surface area contributed by atoms with Crippen LogP contribution in [0.5, 0.6) is 0 Å². The Kier molecular flexibility index (Phi) is 4.70. The molecular formula is C19H21N3O3. The minimum absolute atomic E-state index is 0.157. The lowest BCUT2D eigenvalue weighted by molar-refractivity contribution is -0.141. The van der Waals surface area contributed by atoms with Crippen LogP contribution in [0.2, 0.25) is 0 Å². The third kappa shape index (κ3) is 3.47. The van der Waals surface area contributed by atoms with Crippen LogP contribution in [0.25, 0.3) is 11.8 Å². The van der Waals surface area contributed by atoms with Crippen molar-refractivity contribution in [3.63, 3.8) is 0 Å². The maximum atomic E-state index is 12.3. The SMILES string of the molecule is Cc1nn(-c2ccccc2)c(C)c1C=CC(=O)N1CCC(C(=O)O)C1. The Labute approximate surface area is 146 Å². The topological polar surface area (TPSA) is 75.4 Å². The maximum absolute atomic E-state index is 12.3. The Morgan fingerprint density at radius 2 is 1.96 bits per heavy atom. The second-order valence-electron chi connectivity index (χ2n) is 6.27. The summed E-state index contributed by atoms with van der Waals surface area (Å²) in [6.07, 6.45) is 3.79. The zero-order chi connectivity index (χ0) is 18.0. The first-order valence-electron chi connectivity index (χ1n) is 8.29. The molecule has 25 heavy (non-hydrogen) atoms. The molecule has 1 amide bonds. The second kappa shape index (κ2) is 6.93. The molecule has 130 valence electrons. The van der Waals surface area contributed by atoms with Crippen molar-refractivity contribution in [2.75, 3.05) is 13.1 Å². The molecule has 0 aliphatic carbocycles. The van der Waals surface area contributed by atoms with Crippen molar-refractivity contribution in [2.24, 2.45) is 5.92 Å². The summed E-state index contributed by atoms with van der Waals surface area (Å²) in [6, 6.07) is 9.83. The number of carbonyl (C=O) groups is 2. The van der Waals surface area contributed by atoms with Gasteiger partial charge in [-0.25, -0.2) is 4.68 Å². The number of benzene rings is 1. The summed E-state index contributed by atoms with van der Waals surface area (Å²) in [5.41, 5.74) is 3.68. The van der Waals surface area contributed by atoms with Crippen molar-refractivity contribution >= 4 is 18.0 Å². The van der Waals surface area contributed by atoms with Gasteiger partial charge in [-0.15, -0.1) is 0 Å². The molecule has 6 nitrogen and oxygen atoms in total. The summed E-state index contributed by atoms with van der Waals surface area (Å²) in [6.45, 7) is 4.64. The molecule has 1 atom stereocenters. The molecule has 3 rings (SSSR count). The van der Waals surface area contributed by atoms with Crippen molar-refractivity contribution in [1.29, 1.82) is 0 Å². The number of nitrogens with zero attached hydrogens (tertiary/aromatic N) is 3. The number of aliphatic carboxylic acids is 1. The van der Waals surface area contributed by atoms with Gasteiger partial charge in [-0.3, -0.25) is 9.59 Å². The van der Waals surface area contributed by atoms with Gasteiger partial charge in [0.25, 0.3) is 0 Å². The molecule has 0 radical (unpaired) electrons. The highest BCUT2D eigenvalue weighted by molar-refractivity contribution is 5.92. The summed E-state index contributed by atoms with van der Waals surface area (Å²) in [4.78, 5) is 24.9. The third-order valence-corrected chi connectivity index (χ3v) is 4.59. The smallest absolute Gasteiger partial charge is 0.308 e. The minimum Gasteiger partial charge on any atom is -0.481 e. The normalized spacial score (nSPS) is 17.4. The number of likely N-dealkylation sites (tertiary alicyclic amines) is 1. The van der Waals surface area contributed by atoms with Crippen molar-refractivity contribution in [2.45, 2.75) is 20.3 Å². The van der Waals surface area contributed by atoms with E-state index < -0.39 is 11.9 Å². The van der Waals surface area contributed by atoms with E-state index in [0.29, 0.717) is 13.0 Å². The molecule has 1 saturated heterocycles. The standard InChI is InChI=1S/C19H21N3O3/c1-13-17(14(2)22(20-13)16-6-4-3-5-7-16)8-9-18(23)21-11-10-15(12-21)19(24)25/h3-9,15H,10-12H2,1-2H3,(H,24,25). The van der Waals surface area contributed by atoms with E-state index >= 15 is 0 Å². The number of para-hydroxylation sites is 1. The molecule has 0 bridgehead atoms. The molecule has 0 saturated carbocycles. The van der Waals surface area contributed by atoms with Gasteiger partial charge < -0.3 is 10.0 Å². The van der Waals surface area contributed by atoms with Gasteiger partial charge in [0.2, 0.25) is 5.91 Å². The summed E-state index contributed by atoms with van der Waals surface area (Å²) < 4.78 is 1.86. The highest BCUT2D eigenvalue weighted by Crippen LogP contribution is 2.20. The largest absolute Gasteiger partial charge is 0.481 e. The Hall–Kier alpha value is -2.89. The quantitative estimate of drug-likeness (QED) is 0.868. The molecule has 1 aromatic heterocycles. The predicted octanol–water partition coefficient (Wildman–Crippen LogP) is 2.44. The zero-order valence-electron chi connectivity index (χ0n) is 14.3. The number of hydrogen-bond acceptors (Lipinski definition) is 3. The molecule has 1 aromatic carbocycles. The fourth-order valence-corrected chi connectivity index (χ4v) is 3.14. The van der Waals surface area contributed by atoms with Crippen LogP contribution in [0.1, 0.15) is 23.4 Å². The van der Waals surface area contributed by atoms with Gasteiger partial charge in [-0.1, -0.05) is 18.2 Å². The average molecular weight is 339 g/mol. The van der Waals surface area contributed by atoms with E-state index in [9.17, 15) is 9.59 Å². The van der Waals surface area contributed by atoms with Crippen LogP contribution in [-0.4, -0.2) is 44.8 Å². The van der Waals surface area contributed by atoms with E-state index in [1.165, 1.54) is 6.08 Å². The van der Waals surface area contributed by atoms with Crippen LogP contribution in [0, 0.1) is 19.8 Å². The van der Waals surface area contributed by atoms with Crippen LogP contribution in [-0.2, 0) is 9.59 Å². The Balaban J connectivity index is 1.77. The summed E-state index contributed by atoms with van der Waals surface area (Å²) in [7, 11) is 0. The average Bonchev–Trinajstić information content (AvgIpc) is 3.20. The van der Waals surface area contributed by atoms with E-state index in [2.05, 4.69) is 5.10 Å². The molecule has 0 spiro atoms. The lowest BCUT2D eigenvalue weighted by Crippen LogP contribution is -2.28. The van der Waals surface area contributed by atoms with Gasteiger partial charge in [0, 0.05) is 30.4 Å². The van der Waals surface area contributed by atoms with E-state index in [1.54, 1.807) is 11.0 Å². The van der Waals surface area contributed by atoms with Gasteiger partial charge in [0.15, 0.2) is 0 Å². The number of aryl methyl sites for hydroxylation is 1. The number of carboxylic acid groups (broad SMARTS) is 1. The second-order valence-corrected chi connectivity index (χ2v) is 6.27. The first-order valence-corrected chi connectivity index (χ1v) is 8.29. The van der Waals surface area contributed by atoms with Crippen LogP contribution in [0.3, 0.4) is 0 Å². The number of hydrogen-bond donors (Lipinski definition) is 1. The van der Waals surface area contributed by atoms with E-state index in [-0.39, 0.29) is 12.5 Å². The molecule has 1 aliphatic heterocycles. The molecule has 1 fully saturated rings. The van der Waals surface area contributed by atoms with E-state index in [1.807, 2.05) is 48.9 Å². The molecule has 2 heterocycles. The minimum atomic E-state index is -0.838. The molecule has 6 heteroatoms. The fourth-order valence-electron chi connectivity index (χ4n) is 3.14. The van der Waals surface area contributed by atoms with Gasteiger partial charge in [-0.05, 0) is 38.5 Å². The monoisotopic (exact) mass is 339 g/mol. The van der Waals surface area contributed by atoms with Crippen molar-refractivity contribution in [3.8, 4) is 5.69 Å². The number of amides is 1. The van der Waals surface area contributed by atoms with Gasteiger partial charge in [0.1, 0.15) is 0 Å². The molecule has 1 N–H and O–H groups in total. The van der Waals surface area contributed by atoms with Crippen molar-refractivity contribution in [1.82, 2.24) is 14.7 Å². The Morgan fingerprint density at radius 1 is 1.24 bits per heavy atom. The summed E-state index contributed by atoms with van der Waals surface area (Å²) in [5.74, 6) is -1.45. The summed E-state index contributed by atoms with van der Waals surface area (Å²) in [5, 5.41) is 13.6. The number of aromatic nitrogens is 2. The van der Waals surface area contributed by atoms with Crippen LogP contribution < -0.4 is 0 Å². The van der Waals surface area contributed by atoms with Gasteiger partial charge >= 0.3 is 5.97 Å². The number of carboxylic acids is 1. The van der Waals surface area contributed by atoms with E-state index in [4.69, 9.17) is 5.11 Å².